The van der Waals surface area contributed by atoms with Gasteiger partial charge in [-0.2, -0.15) is 0 Å². The van der Waals surface area contributed by atoms with E-state index in [9.17, 15) is 18.6 Å². The Kier molecular flexibility index (Phi) is 7.46. The first-order valence-electron chi connectivity index (χ1n) is 5.89. The molecule has 0 bridgehead atoms. The Hall–Kier alpha value is -0.860. The summed E-state index contributed by atoms with van der Waals surface area (Å²) in [5.41, 5.74) is 0.769. The summed E-state index contributed by atoms with van der Waals surface area (Å²) in [6.07, 6.45) is -1.21. The smallest absolute Gasteiger partial charge is 0.229 e. The number of anilines is 1. The van der Waals surface area contributed by atoms with E-state index in [2.05, 4.69) is 10.0 Å². The maximum Gasteiger partial charge on any atom is 0.229 e. The Bertz CT molecular complexity index is 522. The minimum atomic E-state index is -3.37. The summed E-state index contributed by atoms with van der Waals surface area (Å²) in [7, 11) is -3.37. The highest BCUT2D eigenvalue weighted by molar-refractivity contribution is 7.92. The molecule has 6 nitrogen and oxygen atoms in total. The summed E-state index contributed by atoms with van der Waals surface area (Å²) >= 11 is 0. The predicted molar refractivity (Wildman–Crippen MR) is 81.4 cm³/mol. The average molecular weight is 325 g/mol. The summed E-state index contributed by atoms with van der Waals surface area (Å²) in [6.45, 7) is 3.69. The van der Waals surface area contributed by atoms with Crippen LogP contribution >= 0.6 is 12.4 Å². The van der Waals surface area contributed by atoms with Crippen molar-refractivity contribution in [3.63, 3.8) is 0 Å². The van der Waals surface area contributed by atoms with Gasteiger partial charge in [0.25, 0.3) is 0 Å². The molecular formula is C12H21ClN2O4S. The molecule has 8 heteroatoms. The number of aliphatic hydroxyl groups is 2. The lowest BCUT2D eigenvalue weighted by Crippen LogP contribution is -2.39. The van der Waals surface area contributed by atoms with E-state index in [-0.39, 0.29) is 18.4 Å². The van der Waals surface area contributed by atoms with Crippen LogP contribution in [0, 0.1) is 0 Å². The fourth-order valence-electron chi connectivity index (χ4n) is 1.62. The van der Waals surface area contributed by atoms with Gasteiger partial charge in [0, 0.05) is 11.7 Å². The van der Waals surface area contributed by atoms with Crippen molar-refractivity contribution in [2.75, 3.05) is 11.0 Å². The van der Waals surface area contributed by atoms with Crippen molar-refractivity contribution in [2.24, 2.45) is 0 Å². The summed E-state index contributed by atoms with van der Waals surface area (Å²) in [4.78, 5) is 0. The molecule has 0 saturated heterocycles. The van der Waals surface area contributed by atoms with Gasteiger partial charge in [-0.25, -0.2) is 8.42 Å². The predicted octanol–water partition coefficient (Wildman–Crippen LogP) is 0.830. The largest absolute Gasteiger partial charge is 0.384 e. The molecular weight excluding hydrogens is 304 g/mol. The molecule has 2 unspecified atom stereocenters. The molecule has 0 aliphatic rings. The van der Waals surface area contributed by atoms with E-state index in [0.29, 0.717) is 11.3 Å². The number of nitrogens with one attached hydrogen (secondary N) is 2. The number of rotatable bonds is 6. The zero-order valence-corrected chi connectivity index (χ0v) is 13.2. The van der Waals surface area contributed by atoms with Gasteiger partial charge in [0.2, 0.25) is 10.0 Å². The van der Waals surface area contributed by atoms with E-state index in [1.54, 1.807) is 18.2 Å². The first-order valence-corrected chi connectivity index (χ1v) is 7.78. The Morgan fingerprint density at radius 2 is 1.80 bits per heavy atom. The number of sulfonamides is 1. The second kappa shape index (κ2) is 7.80. The van der Waals surface area contributed by atoms with Gasteiger partial charge in [-0.3, -0.25) is 10.0 Å². The van der Waals surface area contributed by atoms with Crippen molar-refractivity contribution in [1.82, 2.24) is 5.32 Å². The second-order valence-corrected chi connectivity index (χ2v) is 6.46. The third kappa shape index (κ3) is 6.53. The highest BCUT2D eigenvalue weighted by atomic mass is 35.5. The van der Waals surface area contributed by atoms with Crippen molar-refractivity contribution >= 4 is 28.1 Å². The van der Waals surface area contributed by atoms with Gasteiger partial charge in [0.05, 0.1) is 6.26 Å². The zero-order chi connectivity index (χ0) is 14.6. The lowest BCUT2D eigenvalue weighted by molar-refractivity contribution is -0.00782. The van der Waals surface area contributed by atoms with Crippen LogP contribution in [0.2, 0.25) is 0 Å². The SMILES string of the molecule is CC(C)NC(O)C(O)c1cccc(NS(C)(=O)=O)c1.Cl. The van der Waals surface area contributed by atoms with E-state index in [1.165, 1.54) is 6.07 Å². The standard InChI is InChI=1S/C12H20N2O4S.ClH/c1-8(2)13-12(16)11(15)9-5-4-6-10(7-9)14-19(3,17)18;/h4-8,11-16H,1-3H3;1H. The van der Waals surface area contributed by atoms with Crippen molar-refractivity contribution in [1.29, 1.82) is 0 Å². The quantitative estimate of drug-likeness (QED) is 0.581. The van der Waals surface area contributed by atoms with Gasteiger partial charge in [0.1, 0.15) is 12.3 Å². The van der Waals surface area contributed by atoms with Gasteiger partial charge in [-0.05, 0) is 31.5 Å². The van der Waals surface area contributed by atoms with Gasteiger partial charge < -0.3 is 10.2 Å². The number of halogens is 1. The van der Waals surface area contributed by atoms with Crippen LogP contribution in [0.3, 0.4) is 0 Å². The van der Waals surface area contributed by atoms with Crippen LogP contribution in [0.25, 0.3) is 0 Å². The van der Waals surface area contributed by atoms with E-state index >= 15 is 0 Å². The van der Waals surface area contributed by atoms with Crippen LogP contribution in [0.5, 0.6) is 0 Å². The van der Waals surface area contributed by atoms with Crippen molar-refractivity contribution in [2.45, 2.75) is 32.2 Å². The molecule has 0 spiro atoms. The fourth-order valence-corrected chi connectivity index (χ4v) is 2.17. The summed E-state index contributed by atoms with van der Waals surface area (Å²) in [5.74, 6) is 0. The van der Waals surface area contributed by atoms with Gasteiger partial charge in [0.15, 0.2) is 0 Å². The minimum absolute atomic E-state index is 0. The first-order chi connectivity index (χ1) is 8.69. The fraction of sp³-hybridized carbons (Fsp3) is 0.500. The third-order valence-electron chi connectivity index (χ3n) is 2.33. The Morgan fingerprint density at radius 1 is 1.20 bits per heavy atom. The molecule has 0 amide bonds. The van der Waals surface area contributed by atoms with E-state index in [0.717, 1.165) is 6.26 Å². The third-order valence-corrected chi connectivity index (χ3v) is 2.94. The van der Waals surface area contributed by atoms with Crippen LogP contribution in [0.4, 0.5) is 5.69 Å². The molecule has 0 radical (unpaired) electrons. The number of benzene rings is 1. The van der Waals surface area contributed by atoms with Crippen LogP contribution in [-0.2, 0) is 10.0 Å². The van der Waals surface area contributed by atoms with Gasteiger partial charge >= 0.3 is 0 Å². The van der Waals surface area contributed by atoms with Crippen LogP contribution in [0.1, 0.15) is 25.5 Å². The maximum atomic E-state index is 11.1. The van der Waals surface area contributed by atoms with Crippen LogP contribution in [0.15, 0.2) is 24.3 Å². The maximum absolute atomic E-state index is 11.1. The molecule has 1 rings (SSSR count). The Labute approximate surface area is 125 Å². The lowest BCUT2D eigenvalue weighted by Gasteiger charge is -2.22. The van der Waals surface area contributed by atoms with Gasteiger partial charge in [-0.15, -0.1) is 12.4 Å². The Balaban J connectivity index is 0.00000361. The molecule has 20 heavy (non-hydrogen) atoms. The normalized spacial score (nSPS) is 14.5. The molecule has 0 aliphatic carbocycles. The van der Waals surface area contributed by atoms with Crippen LogP contribution < -0.4 is 10.0 Å². The summed E-state index contributed by atoms with van der Waals surface area (Å²) < 4.78 is 24.6. The molecule has 1 aromatic carbocycles. The molecule has 2 atom stereocenters. The molecule has 1 aromatic rings. The summed E-state index contributed by atoms with van der Waals surface area (Å²) in [6, 6.07) is 6.29. The number of aliphatic hydroxyl groups excluding tert-OH is 2. The second-order valence-electron chi connectivity index (χ2n) is 4.71. The molecule has 0 heterocycles. The van der Waals surface area contributed by atoms with E-state index in [1.807, 2.05) is 13.8 Å². The number of hydrogen-bond acceptors (Lipinski definition) is 5. The molecule has 0 fully saturated rings. The number of hydrogen-bond donors (Lipinski definition) is 4. The molecule has 0 aliphatic heterocycles. The van der Waals surface area contributed by atoms with Crippen molar-refractivity contribution in [3.05, 3.63) is 29.8 Å². The Morgan fingerprint density at radius 3 is 2.30 bits per heavy atom. The van der Waals surface area contributed by atoms with E-state index < -0.39 is 22.4 Å². The average Bonchev–Trinajstić information content (AvgIpc) is 2.25. The lowest BCUT2D eigenvalue weighted by atomic mass is 10.1. The van der Waals surface area contributed by atoms with Crippen molar-refractivity contribution in [3.8, 4) is 0 Å². The minimum Gasteiger partial charge on any atom is -0.384 e. The van der Waals surface area contributed by atoms with Gasteiger partial charge in [-0.1, -0.05) is 12.1 Å². The van der Waals surface area contributed by atoms with E-state index in [4.69, 9.17) is 0 Å². The highest BCUT2D eigenvalue weighted by Crippen LogP contribution is 2.20. The topological polar surface area (TPSA) is 98.7 Å². The molecule has 4 N–H and O–H groups in total. The molecule has 0 saturated carbocycles. The zero-order valence-electron chi connectivity index (χ0n) is 11.6. The molecule has 116 valence electrons. The summed E-state index contributed by atoms with van der Waals surface area (Å²) in [5, 5.41) is 22.5. The monoisotopic (exact) mass is 324 g/mol. The highest BCUT2D eigenvalue weighted by Gasteiger charge is 2.19. The van der Waals surface area contributed by atoms with Crippen LogP contribution in [-0.4, -0.2) is 37.2 Å². The van der Waals surface area contributed by atoms with Crippen molar-refractivity contribution < 1.29 is 18.6 Å². The molecule has 0 aromatic heterocycles. The first kappa shape index (κ1) is 19.1.